The first-order chi connectivity index (χ1) is 12.3. The molecule has 0 bridgehead atoms. The van der Waals surface area contributed by atoms with E-state index < -0.39 is 0 Å². The van der Waals surface area contributed by atoms with Crippen LogP contribution in [0.1, 0.15) is 43.1 Å². The highest BCUT2D eigenvalue weighted by molar-refractivity contribution is 6.30. The molecule has 2 aromatic rings. The summed E-state index contributed by atoms with van der Waals surface area (Å²) in [7, 11) is 0. The number of carbonyl (C=O) groups excluding carboxylic acids is 2. The van der Waals surface area contributed by atoms with Crippen LogP contribution in [-0.2, 0) is 4.79 Å². The highest BCUT2D eigenvalue weighted by atomic mass is 35.5. The molecule has 0 aliphatic heterocycles. The van der Waals surface area contributed by atoms with Gasteiger partial charge in [0.2, 0.25) is 5.91 Å². The quantitative estimate of drug-likeness (QED) is 0.580. The summed E-state index contributed by atoms with van der Waals surface area (Å²) in [6.07, 6.45) is 0.459. The van der Waals surface area contributed by atoms with Gasteiger partial charge in [-0.05, 0) is 54.8 Å². The Hall–Kier alpha value is -2.66. The van der Waals surface area contributed by atoms with E-state index in [2.05, 4.69) is 15.8 Å². The minimum atomic E-state index is -0.321. The van der Waals surface area contributed by atoms with Crippen molar-refractivity contribution in [1.29, 1.82) is 0 Å². The fourth-order valence-electron chi connectivity index (χ4n) is 2.24. The maximum Gasteiger partial charge on any atom is 0.271 e. The molecule has 26 heavy (non-hydrogen) atoms. The fourth-order valence-corrected chi connectivity index (χ4v) is 2.37. The molecule has 0 heterocycles. The summed E-state index contributed by atoms with van der Waals surface area (Å²) in [5, 5.41) is 7.56. The van der Waals surface area contributed by atoms with Crippen molar-refractivity contribution in [2.75, 3.05) is 5.32 Å². The number of halogens is 1. The van der Waals surface area contributed by atoms with E-state index >= 15 is 0 Å². The number of anilines is 1. The summed E-state index contributed by atoms with van der Waals surface area (Å²) in [5.74, 6) is -0.0689. The van der Waals surface area contributed by atoms with Gasteiger partial charge in [0, 0.05) is 22.7 Å². The van der Waals surface area contributed by atoms with E-state index in [0.29, 0.717) is 34.3 Å². The van der Waals surface area contributed by atoms with E-state index in [4.69, 9.17) is 11.6 Å². The maximum atomic E-state index is 12.2. The Morgan fingerprint density at radius 1 is 1.00 bits per heavy atom. The fraction of sp³-hybridized carbons (Fsp3) is 0.250. The number of benzene rings is 2. The molecule has 0 spiro atoms. The molecule has 6 heteroatoms. The largest absolute Gasteiger partial charge is 0.326 e. The normalized spacial score (nSPS) is 11.3. The Labute approximate surface area is 158 Å². The number of amides is 2. The molecule has 0 radical (unpaired) electrons. The average molecular weight is 372 g/mol. The smallest absolute Gasteiger partial charge is 0.271 e. The Bertz CT molecular complexity index is 797. The van der Waals surface area contributed by atoms with Gasteiger partial charge in [0.05, 0.1) is 5.71 Å². The second-order valence-corrected chi connectivity index (χ2v) is 6.80. The topological polar surface area (TPSA) is 70.6 Å². The van der Waals surface area contributed by atoms with E-state index in [-0.39, 0.29) is 11.8 Å². The van der Waals surface area contributed by atoms with Crippen LogP contribution in [0.2, 0.25) is 5.02 Å². The maximum absolute atomic E-state index is 12.2. The van der Waals surface area contributed by atoms with E-state index in [0.717, 1.165) is 5.56 Å². The van der Waals surface area contributed by atoms with E-state index in [1.165, 1.54) is 0 Å². The van der Waals surface area contributed by atoms with Crippen molar-refractivity contribution in [2.45, 2.75) is 27.2 Å². The second kappa shape index (κ2) is 9.15. The molecule has 2 rings (SSSR count). The molecule has 0 aromatic heterocycles. The number of hydrogen-bond donors (Lipinski definition) is 2. The van der Waals surface area contributed by atoms with Crippen LogP contribution in [0.25, 0.3) is 0 Å². The van der Waals surface area contributed by atoms with E-state index in [1.54, 1.807) is 43.3 Å². The van der Waals surface area contributed by atoms with Gasteiger partial charge in [0.15, 0.2) is 0 Å². The number of rotatable bonds is 6. The molecule has 0 fully saturated rings. The molecule has 0 aliphatic rings. The average Bonchev–Trinajstić information content (AvgIpc) is 2.60. The third-order valence-electron chi connectivity index (χ3n) is 3.61. The van der Waals surface area contributed by atoms with Crippen molar-refractivity contribution in [1.82, 2.24) is 5.43 Å². The summed E-state index contributed by atoms with van der Waals surface area (Å²) < 4.78 is 0. The molecule has 0 saturated heterocycles. The third kappa shape index (κ3) is 6.01. The van der Waals surface area contributed by atoms with Crippen LogP contribution in [0, 0.1) is 5.92 Å². The van der Waals surface area contributed by atoms with Gasteiger partial charge in [0.1, 0.15) is 0 Å². The minimum absolute atomic E-state index is 0.0413. The predicted molar refractivity (Wildman–Crippen MR) is 106 cm³/mol. The third-order valence-corrected chi connectivity index (χ3v) is 3.86. The Balaban J connectivity index is 1.96. The van der Waals surface area contributed by atoms with Crippen LogP contribution >= 0.6 is 11.6 Å². The first-order valence-corrected chi connectivity index (χ1v) is 8.73. The first-order valence-electron chi connectivity index (χ1n) is 8.35. The summed E-state index contributed by atoms with van der Waals surface area (Å²) >= 11 is 5.86. The molecule has 0 unspecified atom stereocenters. The Kier molecular flexibility index (Phi) is 6.92. The van der Waals surface area contributed by atoms with Gasteiger partial charge >= 0.3 is 0 Å². The van der Waals surface area contributed by atoms with Gasteiger partial charge in [-0.1, -0.05) is 37.6 Å². The molecule has 0 atom stereocenters. The Morgan fingerprint density at radius 3 is 2.15 bits per heavy atom. The highest BCUT2D eigenvalue weighted by Crippen LogP contribution is 2.12. The zero-order valence-electron chi connectivity index (χ0n) is 15.0. The zero-order chi connectivity index (χ0) is 19.1. The van der Waals surface area contributed by atoms with Crippen LogP contribution in [0.5, 0.6) is 0 Å². The van der Waals surface area contributed by atoms with Crippen LogP contribution in [0.15, 0.2) is 53.6 Å². The number of hydrogen-bond acceptors (Lipinski definition) is 3. The second-order valence-electron chi connectivity index (χ2n) is 6.37. The zero-order valence-corrected chi connectivity index (χ0v) is 15.8. The number of nitrogens with zero attached hydrogens (tertiary/aromatic N) is 1. The minimum Gasteiger partial charge on any atom is -0.326 e. The van der Waals surface area contributed by atoms with E-state index in [9.17, 15) is 9.59 Å². The van der Waals surface area contributed by atoms with Crippen molar-refractivity contribution >= 4 is 34.8 Å². The lowest BCUT2D eigenvalue weighted by atomic mass is 10.1. The van der Waals surface area contributed by atoms with E-state index in [1.807, 2.05) is 26.0 Å². The molecule has 0 saturated carbocycles. The lowest BCUT2D eigenvalue weighted by Gasteiger charge is -2.08. The number of carbonyl (C=O) groups is 2. The molecule has 136 valence electrons. The number of hydrazone groups is 1. The monoisotopic (exact) mass is 371 g/mol. The summed E-state index contributed by atoms with van der Waals surface area (Å²) in [5.41, 5.74) is 5.19. The first kappa shape index (κ1) is 19.7. The molecule has 2 N–H and O–H groups in total. The molecule has 2 amide bonds. The lowest BCUT2D eigenvalue weighted by molar-refractivity contribution is -0.116. The van der Waals surface area contributed by atoms with Gasteiger partial charge < -0.3 is 5.32 Å². The molecular weight excluding hydrogens is 350 g/mol. The molecular formula is C20H22ClN3O2. The Morgan fingerprint density at radius 2 is 1.58 bits per heavy atom. The van der Waals surface area contributed by atoms with Crippen molar-refractivity contribution < 1.29 is 9.59 Å². The van der Waals surface area contributed by atoms with Crippen LogP contribution in [0.3, 0.4) is 0 Å². The van der Waals surface area contributed by atoms with Crippen molar-refractivity contribution in [3.63, 3.8) is 0 Å². The van der Waals surface area contributed by atoms with Gasteiger partial charge in [-0.2, -0.15) is 5.10 Å². The van der Waals surface area contributed by atoms with Crippen molar-refractivity contribution in [2.24, 2.45) is 11.0 Å². The predicted octanol–water partition coefficient (Wildman–Crippen LogP) is 4.48. The van der Waals surface area contributed by atoms with Crippen molar-refractivity contribution in [3.05, 3.63) is 64.7 Å². The SMILES string of the molecule is CC(=NNC(=O)c1ccc(NC(=O)CC(C)C)cc1)c1ccc(Cl)cc1. The molecule has 2 aromatic carbocycles. The lowest BCUT2D eigenvalue weighted by Crippen LogP contribution is -2.19. The van der Waals surface area contributed by atoms with Gasteiger partial charge in [-0.15, -0.1) is 0 Å². The summed E-state index contributed by atoms with van der Waals surface area (Å²) in [4.78, 5) is 23.9. The van der Waals surface area contributed by atoms with Crippen LogP contribution in [-0.4, -0.2) is 17.5 Å². The van der Waals surface area contributed by atoms with Crippen molar-refractivity contribution in [3.8, 4) is 0 Å². The van der Waals surface area contributed by atoms with Gasteiger partial charge in [-0.25, -0.2) is 5.43 Å². The summed E-state index contributed by atoms with van der Waals surface area (Å²) in [6, 6.07) is 13.9. The standard InChI is InChI=1S/C20H22ClN3O2/c1-13(2)12-19(25)22-18-10-6-16(7-11-18)20(26)24-23-14(3)15-4-8-17(21)9-5-15/h4-11,13H,12H2,1-3H3,(H,22,25)(H,24,26). The summed E-state index contributed by atoms with van der Waals surface area (Å²) in [6.45, 7) is 5.77. The molecule has 5 nitrogen and oxygen atoms in total. The van der Waals surface area contributed by atoms with Gasteiger partial charge in [-0.3, -0.25) is 9.59 Å². The van der Waals surface area contributed by atoms with Gasteiger partial charge in [0.25, 0.3) is 5.91 Å². The van der Waals surface area contributed by atoms with Crippen LogP contribution < -0.4 is 10.7 Å². The van der Waals surface area contributed by atoms with Crippen LogP contribution in [0.4, 0.5) is 5.69 Å². The highest BCUT2D eigenvalue weighted by Gasteiger charge is 2.08. The number of nitrogens with one attached hydrogen (secondary N) is 2. The molecule has 0 aliphatic carbocycles.